The molecule has 0 atom stereocenters. The van der Waals surface area contributed by atoms with E-state index in [4.69, 9.17) is 5.11 Å². The lowest BCUT2D eigenvalue weighted by Gasteiger charge is -1.98. The van der Waals surface area contributed by atoms with E-state index in [0.29, 0.717) is 6.42 Å². The van der Waals surface area contributed by atoms with Crippen LogP contribution in [0.1, 0.15) is 77.0 Å². The fourth-order valence-electron chi connectivity index (χ4n) is 1.97. The van der Waals surface area contributed by atoms with Crippen LogP contribution in [0.2, 0.25) is 0 Å². The van der Waals surface area contributed by atoms with Gasteiger partial charge in [0.25, 0.3) is 0 Å². The van der Waals surface area contributed by atoms with E-state index >= 15 is 0 Å². The first-order chi connectivity index (χ1) is 9.27. The molecule has 0 spiro atoms. The topological polar surface area (TPSA) is 54.4 Å². The molecule has 0 radical (unpaired) electrons. The number of carbonyl (C=O) groups is 2. The first-order valence-electron chi connectivity index (χ1n) is 7.58. The van der Waals surface area contributed by atoms with E-state index in [1.54, 1.807) is 0 Å². The molecule has 110 valence electrons. The Morgan fingerprint density at radius 1 is 0.737 bits per heavy atom. The maximum Gasteiger partial charge on any atom is 0.303 e. The number of rotatable bonds is 14. The minimum atomic E-state index is -0.697. The van der Waals surface area contributed by atoms with E-state index in [1.165, 1.54) is 32.1 Å². The molecule has 0 amide bonds. The first-order valence-corrected chi connectivity index (χ1v) is 7.58. The molecule has 0 bridgehead atoms. The van der Waals surface area contributed by atoms with Crippen LogP contribution in [-0.2, 0) is 9.59 Å². The summed E-state index contributed by atoms with van der Waals surface area (Å²) in [6.45, 7) is 0. The highest BCUT2D eigenvalue weighted by Gasteiger charge is 1.94. The van der Waals surface area contributed by atoms with Crippen LogP contribution in [-0.4, -0.2) is 17.4 Å². The quantitative estimate of drug-likeness (QED) is 0.286. The molecule has 0 aliphatic carbocycles. The van der Waals surface area contributed by atoms with Gasteiger partial charge >= 0.3 is 5.97 Å². The monoisotopic (exact) mass is 268 g/mol. The van der Waals surface area contributed by atoms with Crippen molar-refractivity contribution >= 4 is 12.3 Å². The molecule has 0 aromatic heterocycles. The molecule has 3 nitrogen and oxygen atoms in total. The number of carboxylic acid groups (broad SMARTS) is 1. The van der Waals surface area contributed by atoms with Crippen molar-refractivity contribution in [1.82, 2.24) is 0 Å². The van der Waals surface area contributed by atoms with Gasteiger partial charge in [-0.3, -0.25) is 4.79 Å². The van der Waals surface area contributed by atoms with Gasteiger partial charge in [-0.25, -0.2) is 0 Å². The molecule has 0 aliphatic rings. The van der Waals surface area contributed by atoms with Crippen molar-refractivity contribution in [2.75, 3.05) is 0 Å². The number of aliphatic carboxylic acids is 1. The number of allylic oxidation sites excluding steroid dienone is 2. The van der Waals surface area contributed by atoms with Crippen molar-refractivity contribution in [1.29, 1.82) is 0 Å². The van der Waals surface area contributed by atoms with E-state index < -0.39 is 5.97 Å². The van der Waals surface area contributed by atoms with Crippen molar-refractivity contribution in [3.05, 3.63) is 12.2 Å². The SMILES string of the molecule is O=CCCCCCCCCC=CCCCCC(=O)O. The van der Waals surface area contributed by atoms with Crippen LogP contribution in [0.5, 0.6) is 0 Å². The van der Waals surface area contributed by atoms with Crippen molar-refractivity contribution in [2.24, 2.45) is 0 Å². The normalized spacial score (nSPS) is 10.9. The molecule has 0 rings (SSSR count). The Hall–Kier alpha value is -1.12. The Morgan fingerprint density at radius 2 is 1.21 bits per heavy atom. The minimum absolute atomic E-state index is 0.290. The average molecular weight is 268 g/mol. The average Bonchev–Trinajstić information content (AvgIpc) is 2.39. The van der Waals surface area contributed by atoms with E-state index in [-0.39, 0.29) is 6.42 Å². The van der Waals surface area contributed by atoms with Crippen LogP contribution < -0.4 is 0 Å². The lowest BCUT2D eigenvalue weighted by molar-refractivity contribution is -0.137. The third-order valence-electron chi connectivity index (χ3n) is 3.12. The van der Waals surface area contributed by atoms with Gasteiger partial charge in [-0.1, -0.05) is 37.8 Å². The van der Waals surface area contributed by atoms with Gasteiger partial charge in [0.1, 0.15) is 6.29 Å². The fraction of sp³-hybridized carbons (Fsp3) is 0.750. The van der Waals surface area contributed by atoms with Gasteiger partial charge < -0.3 is 9.90 Å². The zero-order chi connectivity index (χ0) is 14.2. The maximum atomic E-state index is 10.3. The molecule has 0 saturated carbocycles. The Morgan fingerprint density at radius 3 is 1.74 bits per heavy atom. The predicted octanol–water partition coefficient (Wildman–Crippen LogP) is 4.51. The van der Waals surface area contributed by atoms with Crippen LogP contribution in [0.4, 0.5) is 0 Å². The molecule has 0 heterocycles. The van der Waals surface area contributed by atoms with Crippen molar-refractivity contribution < 1.29 is 14.7 Å². The van der Waals surface area contributed by atoms with Crippen molar-refractivity contribution in [3.63, 3.8) is 0 Å². The summed E-state index contributed by atoms with van der Waals surface area (Å²) in [7, 11) is 0. The molecular weight excluding hydrogens is 240 g/mol. The Balaban J connectivity index is 3.08. The van der Waals surface area contributed by atoms with E-state index in [0.717, 1.165) is 38.4 Å². The highest BCUT2D eigenvalue weighted by molar-refractivity contribution is 5.66. The van der Waals surface area contributed by atoms with E-state index in [1.807, 2.05) is 0 Å². The van der Waals surface area contributed by atoms with Crippen LogP contribution in [0.3, 0.4) is 0 Å². The number of aldehydes is 1. The summed E-state index contributed by atoms with van der Waals surface area (Å²) >= 11 is 0. The number of unbranched alkanes of at least 4 members (excludes halogenated alkanes) is 9. The van der Waals surface area contributed by atoms with Crippen LogP contribution >= 0.6 is 0 Å². The van der Waals surface area contributed by atoms with Gasteiger partial charge in [-0.05, 0) is 38.5 Å². The zero-order valence-electron chi connectivity index (χ0n) is 12.0. The number of hydrogen-bond acceptors (Lipinski definition) is 2. The van der Waals surface area contributed by atoms with E-state index in [2.05, 4.69) is 12.2 Å². The first kappa shape index (κ1) is 17.9. The van der Waals surface area contributed by atoms with Gasteiger partial charge in [-0.15, -0.1) is 0 Å². The number of carboxylic acids is 1. The van der Waals surface area contributed by atoms with Gasteiger partial charge in [0.2, 0.25) is 0 Å². The smallest absolute Gasteiger partial charge is 0.303 e. The molecular formula is C16H28O3. The third-order valence-corrected chi connectivity index (χ3v) is 3.12. The zero-order valence-corrected chi connectivity index (χ0v) is 12.0. The second-order valence-electron chi connectivity index (χ2n) is 4.98. The van der Waals surface area contributed by atoms with Crippen molar-refractivity contribution in [2.45, 2.75) is 77.0 Å². The molecule has 0 saturated heterocycles. The van der Waals surface area contributed by atoms with E-state index in [9.17, 15) is 9.59 Å². The molecule has 19 heavy (non-hydrogen) atoms. The summed E-state index contributed by atoms with van der Waals surface area (Å²) in [5, 5.41) is 8.47. The number of hydrogen-bond donors (Lipinski definition) is 1. The van der Waals surface area contributed by atoms with Crippen LogP contribution in [0, 0.1) is 0 Å². The molecule has 0 fully saturated rings. The molecule has 3 heteroatoms. The van der Waals surface area contributed by atoms with Crippen LogP contribution in [0.25, 0.3) is 0 Å². The van der Waals surface area contributed by atoms with Crippen molar-refractivity contribution in [3.8, 4) is 0 Å². The summed E-state index contributed by atoms with van der Waals surface area (Å²) in [6, 6.07) is 0. The Kier molecular flexibility index (Phi) is 14.1. The largest absolute Gasteiger partial charge is 0.481 e. The van der Waals surface area contributed by atoms with Gasteiger partial charge in [0.15, 0.2) is 0 Å². The second kappa shape index (κ2) is 14.9. The Labute approximate surface area is 117 Å². The van der Waals surface area contributed by atoms with Gasteiger partial charge in [0.05, 0.1) is 0 Å². The predicted molar refractivity (Wildman–Crippen MR) is 78.2 cm³/mol. The molecule has 0 aromatic carbocycles. The van der Waals surface area contributed by atoms with Crippen LogP contribution in [0.15, 0.2) is 12.2 Å². The van der Waals surface area contributed by atoms with Gasteiger partial charge in [-0.2, -0.15) is 0 Å². The number of carbonyl (C=O) groups excluding carboxylic acids is 1. The van der Waals surface area contributed by atoms with Gasteiger partial charge in [0, 0.05) is 12.8 Å². The summed E-state index contributed by atoms with van der Waals surface area (Å²) < 4.78 is 0. The minimum Gasteiger partial charge on any atom is -0.481 e. The highest BCUT2D eigenvalue weighted by atomic mass is 16.4. The summed E-state index contributed by atoms with van der Waals surface area (Å²) in [5.74, 6) is -0.697. The second-order valence-corrected chi connectivity index (χ2v) is 4.98. The standard InChI is InChI=1S/C16H28O3/c17-15-13-11-9-7-5-3-1-2-4-6-8-10-12-14-16(18)19/h4,6,15H,1-3,5,7-14H2,(H,18,19). The molecule has 0 aromatic rings. The maximum absolute atomic E-state index is 10.3. The fourth-order valence-corrected chi connectivity index (χ4v) is 1.97. The lowest BCUT2D eigenvalue weighted by Crippen LogP contribution is -1.92. The Bertz CT molecular complexity index is 246. The molecule has 0 aliphatic heterocycles. The molecule has 0 unspecified atom stereocenters. The lowest BCUT2D eigenvalue weighted by atomic mass is 10.1. The summed E-state index contributed by atoms with van der Waals surface area (Å²) in [5.41, 5.74) is 0. The molecule has 1 N–H and O–H groups in total. The highest BCUT2D eigenvalue weighted by Crippen LogP contribution is 2.09. The third kappa shape index (κ3) is 16.9. The summed E-state index contributed by atoms with van der Waals surface area (Å²) in [4.78, 5) is 20.4. The summed E-state index contributed by atoms with van der Waals surface area (Å²) in [6.07, 6.45) is 17.5.